The molecule has 1 atom stereocenters. The second kappa shape index (κ2) is 6.12. The van der Waals surface area contributed by atoms with Crippen LogP contribution in [0.1, 0.15) is 17.3 Å². The number of benzene rings is 2. The molecule has 0 aliphatic carbocycles. The fourth-order valence-corrected chi connectivity index (χ4v) is 3.38. The number of anilines is 1. The van der Waals surface area contributed by atoms with E-state index in [1.165, 1.54) is 28.9 Å². The average Bonchev–Trinajstić information content (AvgIpc) is 2.78. The SMILES string of the molecule is C[C@]1(O)CN(C(=O)c2ccccc2)C(=S)N1c1ccc(F)cc1Cl. The molecule has 1 aliphatic heterocycles. The number of β-amino-alcohol motifs (C(OH)–C–C–N with tert-alkyl or cyclic N) is 1. The molecule has 2 aromatic carbocycles. The van der Waals surface area contributed by atoms with Crippen molar-refractivity contribution in [3.05, 3.63) is 64.9 Å². The predicted molar refractivity (Wildman–Crippen MR) is 94.6 cm³/mol. The molecule has 4 nitrogen and oxygen atoms in total. The number of amides is 1. The first-order chi connectivity index (χ1) is 11.3. The van der Waals surface area contributed by atoms with Crippen LogP contribution < -0.4 is 4.90 Å². The van der Waals surface area contributed by atoms with Gasteiger partial charge in [-0.3, -0.25) is 14.6 Å². The van der Waals surface area contributed by atoms with Gasteiger partial charge < -0.3 is 5.11 Å². The molecule has 1 amide bonds. The number of hydrogen-bond donors (Lipinski definition) is 1. The van der Waals surface area contributed by atoms with Crippen LogP contribution in [0.3, 0.4) is 0 Å². The molecule has 3 rings (SSSR count). The first-order valence-corrected chi connectivity index (χ1v) is 7.98. The lowest BCUT2D eigenvalue weighted by molar-refractivity contribution is 0.0588. The highest BCUT2D eigenvalue weighted by Crippen LogP contribution is 2.36. The number of aliphatic hydroxyl groups is 1. The Hall–Kier alpha value is -2.02. The quantitative estimate of drug-likeness (QED) is 0.829. The summed E-state index contributed by atoms with van der Waals surface area (Å²) in [6.07, 6.45) is 0. The molecule has 1 heterocycles. The van der Waals surface area contributed by atoms with Gasteiger partial charge in [0.1, 0.15) is 5.82 Å². The normalized spacial score (nSPS) is 20.6. The summed E-state index contributed by atoms with van der Waals surface area (Å²) in [4.78, 5) is 15.3. The fourth-order valence-electron chi connectivity index (χ4n) is 2.69. The Morgan fingerprint density at radius 2 is 1.96 bits per heavy atom. The second-order valence-corrected chi connectivity index (χ2v) is 6.46. The summed E-state index contributed by atoms with van der Waals surface area (Å²) >= 11 is 11.5. The molecule has 0 unspecified atom stereocenters. The van der Waals surface area contributed by atoms with E-state index in [1.54, 1.807) is 30.3 Å². The monoisotopic (exact) mass is 364 g/mol. The van der Waals surface area contributed by atoms with Crippen LogP contribution in [0.4, 0.5) is 10.1 Å². The van der Waals surface area contributed by atoms with Gasteiger partial charge in [0, 0.05) is 5.56 Å². The van der Waals surface area contributed by atoms with Gasteiger partial charge in [-0.05, 0) is 49.5 Å². The zero-order valence-corrected chi connectivity index (χ0v) is 14.3. The maximum atomic E-state index is 13.3. The number of nitrogens with zero attached hydrogens (tertiary/aromatic N) is 2. The third kappa shape index (κ3) is 2.88. The Bertz CT molecular complexity index is 813. The minimum atomic E-state index is -1.46. The van der Waals surface area contributed by atoms with Gasteiger partial charge in [0.15, 0.2) is 10.8 Å². The van der Waals surface area contributed by atoms with Crippen LogP contribution >= 0.6 is 23.8 Å². The molecule has 2 aromatic rings. The number of carbonyl (C=O) groups excluding carboxylic acids is 1. The highest BCUT2D eigenvalue weighted by Gasteiger charge is 2.46. The molecule has 0 saturated carbocycles. The van der Waals surface area contributed by atoms with Crippen LogP contribution in [0.2, 0.25) is 5.02 Å². The van der Waals surface area contributed by atoms with Crippen LogP contribution in [-0.2, 0) is 0 Å². The molecule has 1 N–H and O–H groups in total. The Balaban J connectivity index is 1.98. The zero-order valence-electron chi connectivity index (χ0n) is 12.7. The fraction of sp³-hybridized carbons (Fsp3) is 0.176. The van der Waals surface area contributed by atoms with E-state index in [1.807, 2.05) is 0 Å². The number of hydrogen-bond acceptors (Lipinski definition) is 3. The van der Waals surface area contributed by atoms with Crippen LogP contribution in [0.25, 0.3) is 0 Å². The first-order valence-electron chi connectivity index (χ1n) is 7.20. The van der Waals surface area contributed by atoms with Crippen molar-refractivity contribution >= 4 is 40.5 Å². The number of thiocarbonyl (C=S) groups is 1. The van der Waals surface area contributed by atoms with Gasteiger partial charge in [0.25, 0.3) is 5.91 Å². The zero-order chi connectivity index (χ0) is 17.5. The van der Waals surface area contributed by atoms with E-state index in [-0.39, 0.29) is 22.6 Å². The van der Waals surface area contributed by atoms with Crippen LogP contribution in [0, 0.1) is 5.82 Å². The van der Waals surface area contributed by atoms with E-state index < -0.39 is 11.5 Å². The lowest BCUT2D eigenvalue weighted by Gasteiger charge is -2.30. The minimum absolute atomic E-state index is 0.0206. The Morgan fingerprint density at radius 1 is 1.29 bits per heavy atom. The van der Waals surface area contributed by atoms with Crippen molar-refractivity contribution in [1.29, 1.82) is 0 Å². The van der Waals surface area contributed by atoms with Crippen LogP contribution in [-0.4, -0.2) is 33.3 Å². The molecular formula is C17H14ClFN2O2S. The highest BCUT2D eigenvalue weighted by molar-refractivity contribution is 7.80. The number of rotatable bonds is 2. The molecule has 0 spiro atoms. The molecular weight excluding hydrogens is 351 g/mol. The van der Waals surface area contributed by atoms with E-state index >= 15 is 0 Å². The largest absolute Gasteiger partial charge is 0.369 e. The van der Waals surface area contributed by atoms with E-state index in [0.717, 1.165) is 6.07 Å². The van der Waals surface area contributed by atoms with Gasteiger partial charge in [-0.25, -0.2) is 4.39 Å². The van der Waals surface area contributed by atoms with E-state index in [9.17, 15) is 14.3 Å². The average molecular weight is 365 g/mol. The highest BCUT2D eigenvalue weighted by atomic mass is 35.5. The molecule has 0 aromatic heterocycles. The molecule has 1 aliphatic rings. The summed E-state index contributed by atoms with van der Waals surface area (Å²) < 4.78 is 13.3. The van der Waals surface area contributed by atoms with Crippen LogP contribution in [0.5, 0.6) is 0 Å². The topological polar surface area (TPSA) is 43.8 Å². The van der Waals surface area contributed by atoms with Crippen molar-refractivity contribution in [3.8, 4) is 0 Å². The predicted octanol–water partition coefficient (Wildman–Crippen LogP) is 3.43. The van der Waals surface area contributed by atoms with Gasteiger partial charge in [0.05, 0.1) is 17.3 Å². The maximum Gasteiger partial charge on any atom is 0.260 e. The summed E-state index contributed by atoms with van der Waals surface area (Å²) in [5, 5.41) is 10.9. The standard InChI is InChI=1S/C17H14ClFN2O2S/c1-17(23)10-20(15(22)11-5-3-2-4-6-11)16(24)21(17)14-8-7-12(19)9-13(14)18/h2-9,23H,10H2,1H3/t17-/m0/s1. The summed E-state index contributed by atoms with van der Waals surface area (Å²) in [6.45, 7) is 1.50. The molecule has 124 valence electrons. The van der Waals surface area contributed by atoms with Gasteiger partial charge in [-0.1, -0.05) is 29.8 Å². The van der Waals surface area contributed by atoms with Crippen LogP contribution in [0.15, 0.2) is 48.5 Å². The van der Waals surface area contributed by atoms with E-state index in [2.05, 4.69) is 0 Å². The molecule has 7 heteroatoms. The molecule has 1 fully saturated rings. The minimum Gasteiger partial charge on any atom is -0.369 e. The first kappa shape index (κ1) is 16.8. The number of halogens is 2. The van der Waals surface area contributed by atoms with Gasteiger partial charge in [0.2, 0.25) is 0 Å². The van der Waals surface area contributed by atoms with Crippen molar-refractivity contribution in [2.75, 3.05) is 11.4 Å². The third-order valence-corrected chi connectivity index (χ3v) is 4.48. The van der Waals surface area contributed by atoms with Crippen molar-refractivity contribution < 1.29 is 14.3 Å². The van der Waals surface area contributed by atoms with Crippen molar-refractivity contribution in [2.45, 2.75) is 12.6 Å². The lowest BCUT2D eigenvalue weighted by atomic mass is 10.2. The van der Waals surface area contributed by atoms with E-state index in [4.69, 9.17) is 23.8 Å². The number of carbonyl (C=O) groups is 1. The Kier molecular flexibility index (Phi) is 4.29. The Labute approximate surface area is 149 Å². The smallest absolute Gasteiger partial charge is 0.260 e. The van der Waals surface area contributed by atoms with Gasteiger partial charge in [-0.2, -0.15) is 0 Å². The maximum absolute atomic E-state index is 13.3. The third-order valence-electron chi connectivity index (χ3n) is 3.78. The van der Waals surface area contributed by atoms with Gasteiger partial charge in [-0.15, -0.1) is 0 Å². The van der Waals surface area contributed by atoms with Crippen molar-refractivity contribution in [1.82, 2.24) is 4.90 Å². The summed E-state index contributed by atoms with van der Waals surface area (Å²) in [6, 6.07) is 12.4. The summed E-state index contributed by atoms with van der Waals surface area (Å²) in [5.74, 6) is -0.813. The lowest BCUT2D eigenvalue weighted by Crippen LogP contribution is -2.44. The molecule has 1 saturated heterocycles. The summed E-state index contributed by atoms with van der Waals surface area (Å²) in [7, 11) is 0. The van der Waals surface area contributed by atoms with Gasteiger partial charge >= 0.3 is 0 Å². The van der Waals surface area contributed by atoms with Crippen molar-refractivity contribution in [2.24, 2.45) is 0 Å². The Morgan fingerprint density at radius 3 is 2.58 bits per heavy atom. The molecule has 0 bridgehead atoms. The van der Waals surface area contributed by atoms with Crippen molar-refractivity contribution in [3.63, 3.8) is 0 Å². The molecule has 0 radical (unpaired) electrons. The van der Waals surface area contributed by atoms with E-state index in [0.29, 0.717) is 11.3 Å². The summed E-state index contributed by atoms with van der Waals surface area (Å²) in [5.41, 5.74) is -0.651. The second-order valence-electron chi connectivity index (χ2n) is 5.69. The molecule has 24 heavy (non-hydrogen) atoms.